The Balaban J connectivity index is 1.13. The van der Waals surface area contributed by atoms with E-state index in [1.165, 1.54) is 0 Å². The molecule has 5 aromatic rings. The number of fused-ring (bicyclic) bond motifs is 2. The van der Waals surface area contributed by atoms with Gasteiger partial charge in [-0.25, -0.2) is 8.78 Å². The maximum atomic E-state index is 13.4. The number of halogens is 2. The van der Waals surface area contributed by atoms with Gasteiger partial charge < -0.3 is 20.0 Å². The SMILES string of the molecule is FC1CN=C(c2ccc3cc(-c4ccc(-c5ccc6cc(C7=NCC(F)CN7)oc6c5)cn4)[nH]c3c2)NC1. The van der Waals surface area contributed by atoms with Crippen molar-refractivity contribution in [2.45, 2.75) is 12.3 Å². The molecule has 7 rings (SSSR count). The van der Waals surface area contributed by atoms with Crippen LogP contribution in [0.15, 0.2) is 81.3 Å². The van der Waals surface area contributed by atoms with Crippen molar-refractivity contribution in [1.82, 2.24) is 20.6 Å². The van der Waals surface area contributed by atoms with E-state index in [4.69, 9.17) is 9.40 Å². The van der Waals surface area contributed by atoms with Crippen LogP contribution in [0.2, 0.25) is 0 Å². The third-order valence-corrected chi connectivity index (χ3v) is 6.90. The number of nitrogens with one attached hydrogen (secondary N) is 3. The lowest BCUT2D eigenvalue weighted by Gasteiger charge is -2.17. The average molecular weight is 511 g/mol. The number of benzene rings is 2. The number of pyridine rings is 1. The van der Waals surface area contributed by atoms with Gasteiger partial charge in [0.1, 0.15) is 23.8 Å². The number of aliphatic imine (C=N–C) groups is 2. The van der Waals surface area contributed by atoms with Gasteiger partial charge in [0.05, 0.1) is 24.5 Å². The molecule has 0 saturated carbocycles. The molecule has 190 valence electrons. The van der Waals surface area contributed by atoms with Crippen LogP contribution in [0, 0.1) is 0 Å². The monoisotopic (exact) mass is 510 g/mol. The lowest BCUT2D eigenvalue weighted by atomic mass is 10.1. The minimum atomic E-state index is -0.965. The van der Waals surface area contributed by atoms with Gasteiger partial charge in [-0.1, -0.05) is 30.3 Å². The normalized spacial score (nSPS) is 19.6. The molecule has 0 bridgehead atoms. The van der Waals surface area contributed by atoms with Crippen LogP contribution < -0.4 is 10.6 Å². The topological polar surface area (TPSA) is 90.6 Å². The summed E-state index contributed by atoms with van der Waals surface area (Å²) < 4.78 is 32.8. The zero-order chi connectivity index (χ0) is 25.6. The largest absolute Gasteiger partial charge is 0.453 e. The third kappa shape index (κ3) is 4.19. The van der Waals surface area contributed by atoms with E-state index in [1.54, 1.807) is 0 Å². The number of aromatic nitrogens is 2. The summed E-state index contributed by atoms with van der Waals surface area (Å²) in [5, 5.41) is 8.07. The van der Waals surface area contributed by atoms with E-state index in [2.05, 4.69) is 31.7 Å². The molecule has 9 heteroatoms. The number of nitrogens with zero attached hydrogens (tertiary/aromatic N) is 3. The lowest BCUT2D eigenvalue weighted by molar-refractivity contribution is 0.331. The summed E-state index contributed by atoms with van der Waals surface area (Å²) in [6, 6.07) is 20.1. The Morgan fingerprint density at radius 3 is 2.21 bits per heavy atom. The number of alkyl halides is 2. The molecule has 7 nitrogen and oxygen atoms in total. The summed E-state index contributed by atoms with van der Waals surface area (Å²) >= 11 is 0. The predicted octanol–water partition coefficient (Wildman–Crippen LogP) is 5.02. The van der Waals surface area contributed by atoms with E-state index >= 15 is 0 Å². The van der Waals surface area contributed by atoms with Crippen molar-refractivity contribution in [1.29, 1.82) is 0 Å². The Kier molecular flexibility index (Phi) is 5.42. The predicted molar refractivity (Wildman–Crippen MR) is 145 cm³/mol. The molecule has 2 aliphatic heterocycles. The molecule has 0 amide bonds. The molecule has 0 spiro atoms. The van der Waals surface area contributed by atoms with Crippen molar-refractivity contribution in [3.8, 4) is 22.5 Å². The second-order valence-electron chi connectivity index (χ2n) is 9.62. The minimum Gasteiger partial charge on any atom is -0.453 e. The van der Waals surface area contributed by atoms with Crippen LogP contribution in [-0.4, -0.2) is 60.2 Å². The van der Waals surface area contributed by atoms with Crippen molar-refractivity contribution in [3.63, 3.8) is 0 Å². The van der Waals surface area contributed by atoms with Crippen molar-refractivity contribution in [2.24, 2.45) is 9.98 Å². The molecule has 2 atom stereocenters. The van der Waals surface area contributed by atoms with Gasteiger partial charge in [-0.15, -0.1) is 0 Å². The molecule has 2 unspecified atom stereocenters. The first-order chi connectivity index (χ1) is 18.6. The highest BCUT2D eigenvalue weighted by atomic mass is 19.1. The van der Waals surface area contributed by atoms with Crippen LogP contribution in [0.1, 0.15) is 11.3 Å². The standard InChI is InChI=1S/C29H24F2N6O/c30-21-12-33-28(34-13-21)19-4-2-17-7-25(37-24(17)8-19)23-6-5-20(11-32-23)16-1-3-18-10-27(38-26(18)9-16)29-35-14-22(31)15-36-29/h1-11,21-22,37H,12-15H2,(H,33,34)(H,35,36). The Morgan fingerprint density at radius 1 is 0.737 bits per heavy atom. The number of H-pyrrole nitrogens is 1. The Labute approximate surface area is 216 Å². The summed E-state index contributed by atoms with van der Waals surface area (Å²) in [6.07, 6.45) is -0.0558. The van der Waals surface area contributed by atoms with Crippen LogP contribution in [0.4, 0.5) is 8.78 Å². The number of hydrogen-bond acceptors (Lipinski definition) is 6. The molecule has 3 N–H and O–H groups in total. The fourth-order valence-electron chi connectivity index (χ4n) is 4.86. The third-order valence-electron chi connectivity index (χ3n) is 6.90. The Hall–Kier alpha value is -4.53. The van der Waals surface area contributed by atoms with Gasteiger partial charge in [-0.3, -0.25) is 15.0 Å². The second kappa shape index (κ2) is 9.09. The first-order valence-corrected chi connectivity index (χ1v) is 12.6. The zero-order valence-electron chi connectivity index (χ0n) is 20.3. The average Bonchev–Trinajstić information content (AvgIpc) is 3.57. The van der Waals surface area contributed by atoms with Gasteiger partial charge in [-0.2, -0.15) is 0 Å². The highest BCUT2D eigenvalue weighted by Gasteiger charge is 2.18. The minimum absolute atomic E-state index is 0.146. The van der Waals surface area contributed by atoms with Gasteiger partial charge in [0, 0.05) is 46.7 Å². The van der Waals surface area contributed by atoms with Crippen LogP contribution in [0.25, 0.3) is 44.4 Å². The quantitative estimate of drug-likeness (QED) is 0.317. The lowest BCUT2D eigenvalue weighted by Crippen LogP contribution is -2.37. The number of rotatable bonds is 4. The highest BCUT2D eigenvalue weighted by molar-refractivity contribution is 6.02. The van der Waals surface area contributed by atoms with Gasteiger partial charge in [-0.05, 0) is 35.9 Å². The number of amidine groups is 2. The van der Waals surface area contributed by atoms with Crippen LogP contribution in [0.5, 0.6) is 0 Å². The molecule has 2 aromatic carbocycles. The molecule has 0 radical (unpaired) electrons. The maximum Gasteiger partial charge on any atom is 0.170 e. The van der Waals surface area contributed by atoms with Crippen molar-refractivity contribution < 1.29 is 13.2 Å². The van der Waals surface area contributed by atoms with Gasteiger partial charge in [0.2, 0.25) is 0 Å². The van der Waals surface area contributed by atoms with E-state index in [0.717, 1.165) is 55.8 Å². The Morgan fingerprint density at radius 2 is 1.47 bits per heavy atom. The van der Waals surface area contributed by atoms with E-state index in [1.807, 2.05) is 60.8 Å². The summed E-state index contributed by atoms with van der Waals surface area (Å²) in [4.78, 5) is 16.7. The summed E-state index contributed by atoms with van der Waals surface area (Å²) in [7, 11) is 0. The van der Waals surface area contributed by atoms with E-state index < -0.39 is 12.3 Å². The first kappa shape index (κ1) is 22.7. The smallest absolute Gasteiger partial charge is 0.170 e. The van der Waals surface area contributed by atoms with Gasteiger partial charge in [0.15, 0.2) is 11.6 Å². The molecule has 5 heterocycles. The molecular formula is C29H24F2N6O. The number of hydrogen-bond donors (Lipinski definition) is 3. The molecule has 3 aromatic heterocycles. The van der Waals surface area contributed by atoms with E-state index in [0.29, 0.717) is 11.6 Å². The molecular weight excluding hydrogens is 486 g/mol. The molecule has 38 heavy (non-hydrogen) atoms. The van der Waals surface area contributed by atoms with Crippen LogP contribution in [-0.2, 0) is 0 Å². The van der Waals surface area contributed by atoms with Gasteiger partial charge in [0.25, 0.3) is 0 Å². The molecule has 2 aliphatic rings. The van der Waals surface area contributed by atoms with E-state index in [-0.39, 0.29) is 26.2 Å². The van der Waals surface area contributed by atoms with Crippen molar-refractivity contribution >= 4 is 33.5 Å². The summed E-state index contributed by atoms with van der Waals surface area (Å²) in [5.74, 6) is 1.92. The molecule has 0 aliphatic carbocycles. The fourth-order valence-corrected chi connectivity index (χ4v) is 4.86. The first-order valence-electron chi connectivity index (χ1n) is 12.6. The second-order valence-corrected chi connectivity index (χ2v) is 9.62. The van der Waals surface area contributed by atoms with E-state index in [9.17, 15) is 8.78 Å². The van der Waals surface area contributed by atoms with Crippen LogP contribution in [0.3, 0.4) is 0 Å². The number of furan rings is 1. The summed E-state index contributed by atoms with van der Waals surface area (Å²) in [6.45, 7) is 0.857. The fraction of sp³-hybridized carbons (Fsp3) is 0.207. The zero-order valence-corrected chi connectivity index (χ0v) is 20.3. The highest BCUT2D eigenvalue weighted by Crippen LogP contribution is 2.29. The van der Waals surface area contributed by atoms with Crippen molar-refractivity contribution in [3.05, 3.63) is 78.2 Å². The summed E-state index contributed by atoms with van der Waals surface area (Å²) in [5.41, 5.74) is 6.32. The maximum absolute atomic E-state index is 13.4. The molecule has 0 fully saturated rings. The number of aromatic amines is 1. The van der Waals surface area contributed by atoms with Crippen molar-refractivity contribution in [2.75, 3.05) is 26.2 Å². The van der Waals surface area contributed by atoms with Gasteiger partial charge >= 0.3 is 0 Å². The van der Waals surface area contributed by atoms with Crippen LogP contribution >= 0.6 is 0 Å². The molecule has 0 saturated heterocycles. The Bertz CT molecular complexity index is 1670.